The zero-order chi connectivity index (χ0) is 12.6. The molecule has 0 bridgehead atoms. The van der Waals surface area contributed by atoms with Crippen LogP contribution in [0.25, 0.3) is 0 Å². The Morgan fingerprint density at radius 2 is 2.18 bits per heavy atom. The van der Waals surface area contributed by atoms with E-state index in [1.807, 2.05) is 26.0 Å². The Labute approximate surface area is 108 Å². The van der Waals surface area contributed by atoms with Gasteiger partial charge in [-0.05, 0) is 24.1 Å². The maximum absolute atomic E-state index is 12.1. The van der Waals surface area contributed by atoms with Gasteiger partial charge in [0.1, 0.15) is 0 Å². The fourth-order valence-corrected chi connectivity index (χ4v) is 2.29. The van der Waals surface area contributed by atoms with Gasteiger partial charge in [0.2, 0.25) is 0 Å². The summed E-state index contributed by atoms with van der Waals surface area (Å²) in [4.78, 5) is 13.7. The maximum atomic E-state index is 12.1. The molecule has 1 aromatic carbocycles. The van der Waals surface area contributed by atoms with Crippen LogP contribution in [0, 0.1) is 5.92 Å². The highest BCUT2D eigenvalue weighted by molar-refractivity contribution is 9.10. The molecule has 0 unspecified atom stereocenters. The van der Waals surface area contributed by atoms with Gasteiger partial charge in [0.25, 0.3) is 5.91 Å². The SMILES string of the molecule is CC(C)CN1C(=O)/C(=N\O)c2cc(Br)ccc21. The van der Waals surface area contributed by atoms with Crippen LogP contribution in [-0.2, 0) is 4.79 Å². The van der Waals surface area contributed by atoms with Gasteiger partial charge in [0.15, 0.2) is 5.71 Å². The average molecular weight is 297 g/mol. The van der Waals surface area contributed by atoms with E-state index < -0.39 is 0 Å². The van der Waals surface area contributed by atoms with Gasteiger partial charge in [-0.15, -0.1) is 0 Å². The summed E-state index contributed by atoms with van der Waals surface area (Å²) in [5.41, 5.74) is 1.59. The first kappa shape index (κ1) is 12.1. The zero-order valence-electron chi connectivity index (χ0n) is 9.64. The number of fused-ring (bicyclic) bond motifs is 1. The lowest BCUT2D eigenvalue weighted by molar-refractivity contribution is -0.112. The van der Waals surface area contributed by atoms with Crippen LogP contribution < -0.4 is 4.90 Å². The van der Waals surface area contributed by atoms with E-state index in [4.69, 9.17) is 5.21 Å². The monoisotopic (exact) mass is 296 g/mol. The van der Waals surface area contributed by atoms with Gasteiger partial charge in [0.05, 0.1) is 5.69 Å². The molecule has 1 amide bonds. The summed E-state index contributed by atoms with van der Waals surface area (Å²) in [6.45, 7) is 4.70. The molecule has 5 heteroatoms. The largest absolute Gasteiger partial charge is 0.410 e. The maximum Gasteiger partial charge on any atom is 0.281 e. The van der Waals surface area contributed by atoms with Gasteiger partial charge in [0, 0.05) is 16.6 Å². The minimum atomic E-state index is -0.241. The molecule has 4 nitrogen and oxygen atoms in total. The molecule has 1 N–H and O–H groups in total. The summed E-state index contributed by atoms with van der Waals surface area (Å²) in [5.74, 6) is 0.114. The lowest BCUT2D eigenvalue weighted by Crippen LogP contribution is -2.33. The van der Waals surface area contributed by atoms with Crippen molar-refractivity contribution in [1.29, 1.82) is 0 Å². The van der Waals surface area contributed by atoms with E-state index >= 15 is 0 Å². The Bertz CT molecular complexity index is 497. The van der Waals surface area contributed by atoms with Crippen molar-refractivity contribution in [1.82, 2.24) is 0 Å². The van der Waals surface area contributed by atoms with E-state index in [1.165, 1.54) is 0 Å². The first-order valence-electron chi connectivity index (χ1n) is 5.38. The molecular weight excluding hydrogens is 284 g/mol. The van der Waals surface area contributed by atoms with Gasteiger partial charge in [-0.3, -0.25) is 4.79 Å². The quantitative estimate of drug-likeness (QED) is 0.674. The number of nitrogens with zero attached hydrogens (tertiary/aromatic N) is 2. The molecular formula is C12H13BrN2O2. The molecule has 0 atom stereocenters. The van der Waals surface area contributed by atoms with Gasteiger partial charge >= 0.3 is 0 Å². The summed E-state index contributed by atoms with van der Waals surface area (Å²) in [6, 6.07) is 5.53. The molecule has 17 heavy (non-hydrogen) atoms. The lowest BCUT2D eigenvalue weighted by Gasteiger charge is -2.18. The minimum Gasteiger partial charge on any atom is -0.410 e. The number of hydrogen-bond donors (Lipinski definition) is 1. The van der Waals surface area contributed by atoms with Gasteiger partial charge < -0.3 is 10.1 Å². The van der Waals surface area contributed by atoms with Crippen molar-refractivity contribution in [3.05, 3.63) is 28.2 Å². The Morgan fingerprint density at radius 1 is 1.47 bits per heavy atom. The van der Waals surface area contributed by atoms with Crippen molar-refractivity contribution in [2.45, 2.75) is 13.8 Å². The van der Waals surface area contributed by atoms with Crippen LogP contribution in [0.3, 0.4) is 0 Å². The highest BCUT2D eigenvalue weighted by atomic mass is 79.9. The molecule has 2 rings (SSSR count). The van der Waals surface area contributed by atoms with Gasteiger partial charge in [-0.2, -0.15) is 0 Å². The third-order valence-corrected chi connectivity index (χ3v) is 3.09. The van der Waals surface area contributed by atoms with E-state index in [0.717, 1.165) is 10.2 Å². The highest BCUT2D eigenvalue weighted by Crippen LogP contribution is 2.32. The number of anilines is 1. The predicted molar refractivity (Wildman–Crippen MR) is 69.7 cm³/mol. The van der Waals surface area contributed by atoms with Gasteiger partial charge in [-0.25, -0.2) is 0 Å². The second-order valence-electron chi connectivity index (χ2n) is 4.42. The van der Waals surface area contributed by atoms with E-state index in [0.29, 0.717) is 18.0 Å². The number of amides is 1. The molecule has 90 valence electrons. The van der Waals surface area contributed by atoms with E-state index in [2.05, 4.69) is 21.1 Å². The molecule has 0 aromatic heterocycles. The summed E-state index contributed by atoms with van der Waals surface area (Å²) >= 11 is 3.35. The third-order valence-electron chi connectivity index (χ3n) is 2.60. The normalized spacial score (nSPS) is 17.1. The Hall–Kier alpha value is -1.36. The van der Waals surface area contributed by atoms with E-state index in [-0.39, 0.29) is 11.6 Å². The summed E-state index contributed by atoms with van der Waals surface area (Å²) < 4.78 is 0.858. The van der Waals surface area contributed by atoms with Crippen LogP contribution in [0.1, 0.15) is 19.4 Å². The smallest absolute Gasteiger partial charge is 0.281 e. The molecule has 1 aromatic rings. The fraction of sp³-hybridized carbons (Fsp3) is 0.333. The average Bonchev–Trinajstić information content (AvgIpc) is 2.50. The number of halogens is 1. The number of carbonyl (C=O) groups excluding carboxylic acids is 1. The van der Waals surface area contributed by atoms with Gasteiger partial charge in [-0.1, -0.05) is 34.9 Å². The van der Waals surface area contributed by atoms with Crippen molar-refractivity contribution in [3.63, 3.8) is 0 Å². The van der Waals surface area contributed by atoms with Crippen LogP contribution >= 0.6 is 15.9 Å². The van der Waals surface area contributed by atoms with Crippen molar-refractivity contribution in [3.8, 4) is 0 Å². The number of oxime groups is 1. The van der Waals surface area contributed by atoms with Crippen molar-refractivity contribution in [2.75, 3.05) is 11.4 Å². The standard InChI is InChI=1S/C12H13BrN2O2/c1-7(2)6-15-10-4-3-8(13)5-9(10)11(14-17)12(15)16/h3-5,7,17H,6H2,1-2H3/b14-11-. The first-order chi connectivity index (χ1) is 8.04. The van der Waals surface area contributed by atoms with Crippen molar-refractivity contribution >= 4 is 33.2 Å². The Kier molecular flexibility index (Phi) is 3.19. The highest BCUT2D eigenvalue weighted by Gasteiger charge is 2.34. The van der Waals surface area contributed by atoms with Crippen LogP contribution in [0.5, 0.6) is 0 Å². The molecule has 0 aliphatic carbocycles. The van der Waals surface area contributed by atoms with Crippen LogP contribution in [-0.4, -0.2) is 23.4 Å². The summed E-state index contributed by atoms with van der Waals surface area (Å²) in [6.07, 6.45) is 0. The lowest BCUT2D eigenvalue weighted by atomic mass is 10.1. The second-order valence-corrected chi connectivity index (χ2v) is 5.34. The second kappa shape index (κ2) is 4.49. The fourth-order valence-electron chi connectivity index (χ4n) is 1.93. The van der Waals surface area contributed by atoms with Crippen LogP contribution in [0.4, 0.5) is 5.69 Å². The predicted octanol–water partition coefficient (Wildman–Crippen LogP) is 2.63. The summed E-state index contributed by atoms with van der Waals surface area (Å²) in [7, 11) is 0. The zero-order valence-corrected chi connectivity index (χ0v) is 11.2. The third kappa shape index (κ3) is 2.07. The Balaban J connectivity index is 2.51. The molecule has 1 heterocycles. The number of rotatable bonds is 2. The van der Waals surface area contributed by atoms with E-state index in [9.17, 15) is 4.79 Å². The van der Waals surface area contributed by atoms with Crippen molar-refractivity contribution < 1.29 is 10.0 Å². The molecule has 0 fully saturated rings. The number of hydrogen-bond acceptors (Lipinski definition) is 3. The molecule has 0 saturated carbocycles. The van der Waals surface area contributed by atoms with Crippen molar-refractivity contribution in [2.24, 2.45) is 11.1 Å². The van der Waals surface area contributed by atoms with Crippen LogP contribution in [0.2, 0.25) is 0 Å². The topological polar surface area (TPSA) is 52.9 Å². The molecule has 1 aliphatic rings. The van der Waals surface area contributed by atoms with E-state index in [1.54, 1.807) is 11.0 Å². The molecule has 0 spiro atoms. The Morgan fingerprint density at radius 3 is 2.76 bits per heavy atom. The minimum absolute atomic E-state index is 0.113. The first-order valence-corrected chi connectivity index (χ1v) is 6.17. The molecule has 0 saturated heterocycles. The molecule has 1 aliphatic heterocycles. The summed E-state index contributed by atoms with van der Waals surface area (Å²) in [5, 5.41) is 12.1. The van der Waals surface area contributed by atoms with Crippen LogP contribution in [0.15, 0.2) is 27.8 Å². The number of carbonyl (C=O) groups is 1. The number of benzene rings is 1. The molecule has 0 radical (unpaired) electrons.